The summed E-state index contributed by atoms with van der Waals surface area (Å²) in [6, 6.07) is 24.9. The third kappa shape index (κ3) is 5.19. The number of hydrogen-bond acceptors (Lipinski definition) is 4. The van der Waals surface area contributed by atoms with Crippen LogP contribution >= 0.6 is 11.8 Å². The van der Waals surface area contributed by atoms with Gasteiger partial charge < -0.3 is 9.73 Å². The lowest BCUT2D eigenvalue weighted by atomic mass is 10.2. The third-order valence-electron chi connectivity index (χ3n) is 4.21. The number of nitrogens with zero attached hydrogens (tertiary/aromatic N) is 1. The van der Waals surface area contributed by atoms with Crippen molar-refractivity contribution < 1.29 is 9.21 Å². The molecule has 0 aliphatic carbocycles. The molecule has 146 valence electrons. The maximum absolute atomic E-state index is 12.7. The number of nitrogens with one attached hydrogen (secondary N) is 1. The highest BCUT2D eigenvalue weighted by atomic mass is 32.2. The van der Waals surface area contributed by atoms with Gasteiger partial charge in [0.15, 0.2) is 5.76 Å². The van der Waals surface area contributed by atoms with Gasteiger partial charge in [0.2, 0.25) is 0 Å². The molecule has 0 aliphatic heterocycles. The number of hydrogen-bond donors (Lipinski definition) is 1. The number of aromatic nitrogens is 1. The quantitative estimate of drug-likeness (QED) is 0.343. The molecule has 0 bridgehead atoms. The molecule has 4 aromatic rings. The van der Waals surface area contributed by atoms with Gasteiger partial charge in [-0.2, -0.15) is 0 Å². The minimum atomic E-state index is -0.279. The highest BCUT2D eigenvalue weighted by molar-refractivity contribution is 7.98. The highest BCUT2D eigenvalue weighted by Crippen LogP contribution is 2.25. The number of carbonyl (C=O) groups excluding carboxylic acids is 1. The van der Waals surface area contributed by atoms with Gasteiger partial charge in [-0.05, 0) is 54.5 Å². The number of amides is 1. The van der Waals surface area contributed by atoms with Crippen LogP contribution in [0.1, 0.15) is 27.4 Å². The molecule has 2 aromatic carbocycles. The van der Waals surface area contributed by atoms with Crippen molar-refractivity contribution in [3.8, 4) is 11.8 Å². The van der Waals surface area contributed by atoms with E-state index in [9.17, 15) is 4.79 Å². The summed E-state index contributed by atoms with van der Waals surface area (Å²) in [7, 11) is 0. The lowest BCUT2D eigenvalue weighted by Crippen LogP contribution is -2.12. The van der Waals surface area contributed by atoms with Crippen molar-refractivity contribution in [3.63, 3.8) is 0 Å². The molecule has 0 aliphatic rings. The molecule has 2 aromatic heterocycles. The second-order valence-electron chi connectivity index (χ2n) is 6.38. The Morgan fingerprint density at radius 2 is 1.83 bits per heavy atom. The van der Waals surface area contributed by atoms with Gasteiger partial charge in [-0.15, -0.1) is 11.8 Å². The van der Waals surface area contributed by atoms with Crippen LogP contribution in [-0.4, -0.2) is 10.9 Å². The van der Waals surface area contributed by atoms with E-state index in [1.807, 2.05) is 78.9 Å². The lowest BCUT2D eigenvalue weighted by molar-refractivity contribution is 0.0996. The van der Waals surface area contributed by atoms with Gasteiger partial charge in [-0.3, -0.25) is 4.79 Å². The van der Waals surface area contributed by atoms with Crippen molar-refractivity contribution in [1.29, 1.82) is 0 Å². The molecule has 0 atom stereocenters. The molecule has 0 fully saturated rings. The van der Waals surface area contributed by atoms with E-state index in [0.29, 0.717) is 22.9 Å². The minimum Gasteiger partial charge on any atom is -0.459 e. The van der Waals surface area contributed by atoms with Gasteiger partial charge in [0.25, 0.3) is 5.91 Å². The Morgan fingerprint density at radius 1 is 0.967 bits per heavy atom. The Bertz CT molecular complexity index is 1190. The summed E-state index contributed by atoms with van der Waals surface area (Å²) in [6.45, 7) is 0. The number of anilines is 1. The van der Waals surface area contributed by atoms with Crippen molar-refractivity contribution in [2.75, 3.05) is 5.32 Å². The average Bonchev–Trinajstić information content (AvgIpc) is 3.27. The molecular formula is C25H18N2O2S. The molecular weight excluding hydrogens is 392 g/mol. The molecule has 1 N–H and O–H groups in total. The van der Waals surface area contributed by atoms with Gasteiger partial charge in [0.1, 0.15) is 5.69 Å². The number of furan rings is 1. The lowest BCUT2D eigenvalue weighted by Gasteiger charge is -2.06. The summed E-state index contributed by atoms with van der Waals surface area (Å²) in [5.74, 6) is 6.78. The zero-order chi connectivity index (χ0) is 20.6. The van der Waals surface area contributed by atoms with E-state index in [2.05, 4.69) is 22.1 Å². The molecule has 0 saturated carbocycles. The molecule has 4 nitrogen and oxygen atoms in total. The van der Waals surface area contributed by atoms with Gasteiger partial charge >= 0.3 is 0 Å². The van der Waals surface area contributed by atoms with Crippen molar-refractivity contribution in [1.82, 2.24) is 4.98 Å². The van der Waals surface area contributed by atoms with Crippen LogP contribution < -0.4 is 5.32 Å². The van der Waals surface area contributed by atoms with Crippen LogP contribution in [0.5, 0.6) is 0 Å². The van der Waals surface area contributed by atoms with E-state index in [1.165, 1.54) is 0 Å². The van der Waals surface area contributed by atoms with E-state index in [4.69, 9.17) is 4.42 Å². The second kappa shape index (κ2) is 9.64. The Labute approximate surface area is 179 Å². The summed E-state index contributed by atoms with van der Waals surface area (Å²) in [5.41, 5.74) is 3.00. The zero-order valence-electron chi connectivity index (χ0n) is 16.0. The topological polar surface area (TPSA) is 55.1 Å². The van der Waals surface area contributed by atoms with Crippen LogP contribution in [0.3, 0.4) is 0 Å². The van der Waals surface area contributed by atoms with Crippen molar-refractivity contribution in [2.45, 2.75) is 10.6 Å². The Kier molecular flexibility index (Phi) is 6.28. The first-order valence-electron chi connectivity index (χ1n) is 9.36. The monoisotopic (exact) mass is 410 g/mol. The van der Waals surface area contributed by atoms with Crippen molar-refractivity contribution >= 4 is 23.4 Å². The van der Waals surface area contributed by atoms with Gasteiger partial charge in [0, 0.05) is 33.7 Å². The molecule has 4 rings (SSSR count). The van der Waals surface area contributed by atoms with Crippen LogP contribution in [0, 0.1) is 11.8 Å². The Hall–Kier alpha value is -3.75. The smallest absolute Gasteiger partial charge is 0.291 e. The zero-order valence-corrected chi connectivity index (χ0v) is 16.9. The highest BCUT2D eigenvalue weighted by Gasteiger charge is 2.16. The first-order valence-corrected chi connectivity index (χ1v) is 10.4. The largest absolute Gasteiger partial charge is 0.459 e. The molecule has 0 spiro atoms. The van der Waals surface area contributed by atoms with Crippen LogP contribution in [0.15, 0.2) is 101 Å². The van der Waals surface area contributed by atoms with Crippen LogP contribution in [0.4, 0.5) is 5.69 Å². The van der Waals surface area contributed by atoms with Crippen LogP contribution in [0.25, 0.3) is 0 Å². The van der Waals surface area contributed by atoms with E-state index in [-0.39, 0.29) is 5.91 Å². The van der Waals surface area contributed by atoms with Gasteiger partial charge in [-0.25, -0.2) is 4.98 Å². The van der Waals surface area contributed by atoms with Crippen molar-refractivity contribution in [2.24, 2.45) is 0 Å². The summed E-state index contributed by atoms with van der Waals surface area (Å²) in [4.78, 5) is 18.1. The van der Waals surface area contributed by atoms with E-state index < -0.39 is 0 Å². The fourth-order valence-corrected chi connectivity index (χ4v) is 3.66. The normalized spacial score (nSPS) is 10.1. The Morgan fingerprint density at radius 3 is 2.67 bits per heavy atom. The van der Waals surface area contributed by atoms with E-state index in [0.717, 1.165) is 16.0 Å². The fourth-order valence-electron chi connectivity index (χ4n) is 2.76. The minimum absolute atomic E-state index is 0.279. The molecule has 30 heavy (non-hydrogen) atoms. The Balaban J connectivity index is 1.44. The first-order chi connectivity index (χ1) is 14.8. The van der Waals surface area contributed by atoms with E-state index >= 15 is 0 Å². The molecule has 0 radical (unpaired) electrons. The van der Waals surface area contributed by atoms with Gasteiger partial charge in [-0.1, -0.05) is 36.3 Å². The summed E-state index contributed by atoms with van der Waals surface area (Å²) in [5, 5.41) is 2.90. The molecule has 1 amide bonds. The SMILES string of the molecule is O=C(Nc1cccc(C#Cc2ccccn2)c1)c1occc1CSc1ccccc1. The first kappa shape index (κ1) is 19.6. The molecule has 5 heteroatoms. The number of carbonyl (C=O) groups is 1. The molecule has 0 saturated heterocycles. The van der Waals surface area contributed by atoms with E-state index in [1.54, 1.807) is 24.2 Å². The number of pyridine rings is 1. The predicted molar refractivity (Wildman–Crippen MR) is 119 cm³/mol. The summed E-state index contributed by atoms with van der Waals surface area (Å²) >= 11 is 1.66. The summed E-state index contributed by atoms with van der Waals surface area (Å²) in [6.07, 6.45) is 3.25. The third-order valence-corrected chi connectivity index (χ3v) is 5.27. The van der Waals surface area contributed by atoms with Gasteiger partial charge in [0.05, 0.1) is 6.26 Å². The maximum atomic E-state index is 12.7. The number of rotatable bonds is 5. The maximum Gasteiger partial charge on any atom is 0.291 e. The molecule has 0 unspecified atom stereocenters. The second-order valence-corrected chi connectivity index (χ2v) is 7.43. The summed E-state index contributed by atoms with van der Waals surface area (Å²) < 4.78 is 5.46. The number of benzene rings is 2. The van der Waals surface area contributed by atoms with Crippen LogP contribution in [0.2, 0.25) is 0 Å². The molecule has 2 heterocycles. The average molecular weight is 410 g/mol. The van der Waals surface area contributed by atoms with Crippen molar-refractivity contribution in [3.05, 3.63) is 114 Å². The predicted octanol–water partition coefficient (Wildman–Crippen LogP) is 5.62. The number of thioether (sulfide) groups is 1. The fraction of sp³-hybridized carbons (Fsp3) is 0.0400. The standard InChI is InChI=1S/C25H18N2O2S/c28-25(24-20(14-16-29-24)18-30-23-10-2-1-3-11-23)27-22-9-6-7-19(17-22)12-13-21-8-4-5-15-26-21/h1-11,14-17H,18H2,(H,27,28). The van der Waals surface area contributed by atoms with Crippen LogP contribution in [-0.2, 0) is 5.75 Å².